The Labute approximate surface area is 109 Å². The van der Waals surface area contributed by atoms with E-state index >= 15 is 0 Å². The molecule has 0 aliphatic heterocycles. The maximum atomic E-state index is 6.01. The monoisotopic (exact) mass is 240 g/mol. The summed E-state index contributed by atoms with van der Waals surface area (Å²) in [5.41, 5.74) is 10.4. The molecule has 2 rings (SSSR count). The average Bonchev–Trinajstić information content (AvgIpc) is 2.40. The quantitative estimate of drug-likeness (QED) is 0.618. The molecule has 0 amide bonds. The second kappa shape index (κ2) is 6.10. The van der Waals surface area contributed by atoms with Crippen LogP contribution in [0.25, 0.3) is 0 Å². The summed E-state index contributed by atoms with van der Waals surface area (Å²) in [5, 5.41) is 3.40. The molecule has 0 heterocycles. The van der Waals surface area contributed by atoms with Crippen molar-refractivity contribution in [2.24, 2.45) is 0 Å². The molecule has 2 aromatic rings. The summed E-state index contributed by atoms with van der Waals surface area (Å²) < 4.78 is 0. The fourth-order valence-electron chi connectivity index (χ4n) is 2.00. The Hall–Kier alpha value is -1.96. The summed E-state index contributed by atoms with van der Waals surface area (Å²) in [6, 6.07) is 16.7. The summed E-state index contributed by atoms with van der Waals surface area (Å²) in [6.07, 6.45) is 2.21. The lowest BCUT2D eigenvalue weighted by Crippen LogP contribution is -2.06. The first-order valence-electron chi connectivity index (χ1n) is 6.40. The molecule has 0 radical (unpaired) electrons. The van der Waals surface area contributed by atoms with Gasteiger partial charge in [0.25, 0.3) is 0 Å². The number of rotatable bonds is 5. The van der Waals surface area contributed by atoms with Crippen molar-refractivity contribution in [1.82, 2.24) is 0 Å². The van der Waals surface area contributed by atoms with Crippen molar-refractivity contribution in [3.8, 4) is 0 Å². The third-order valence-electron chi connectivity index (χ3n) is 3.12. The molecule has 2 nitrogen and oxygen atoms in total. The Morgan fingerprint density at radius 3 is 2.56 bits per heavy atom. The van der Waals surface area contributed by atoms with E-state index in [4.69, 9.17) is 5.73 Å². The van der Waals surface area contributed by atoms with Gasteiger partial charge in [0.15, 0.2) is 0 Å². The SMILES string of the molecule is Cc1cccc(NCCCc2ccccc2)c1N. The highest BCUT2D eigenvalue weighted by atomic mass is 14.9. The van der Waals surface area contributed by atoms with Gasteiger partial charge in [-0.25, -0.2) is 0 Å². The van der Waals surface area contributed by atoms with Crippen LogP contribution >= 0.6 is 0 Å². The van der Waals surface area contributed by atoms with Crippen molar-refractivity contribution in [2.45, 2.75) is 19.8 Å². The first-order chi connectivity index (χ1) is 8.77. The summed E-state index contributed by atoms with van der Waals surface area (Å²) in [5.74, 6) is 0. The van der Waals surface area contributed by atoms with Crippen LogP contribution in [0.4, 0.5) is 11.4 Å². The second-order valence-corrected chi connectivity index (χ2v) is 4.55. The Balaban J connectivity index is 1.81. The van der Waals surface area contributed by atoms with Gasteiger partial charge in [0, 0.05) is 6.54 Å². The molecule has 0 atom stereocenters. The number of anilines is 2. The van der Waals surface area contributed by atoms with E-state index < -0.39 is 0 Å². The number of nitrogen functional groups attached to an aromatic ring is 1. The molecule has 0 saturated heterocycles. The molecule has 0 saturated carbocycles. The standard InChI is InChI=1S/C16H20N2/c1-13-7-5-11-15(16(13)17)18-12-6-10-14-8-3-2-4-9-14/h2-5,7-9,11,18H,6,10,12,17H2,1H3. The Bertz CT molecular complexity index is 492. The number of para-hydroxylation sites is 1. The van der Waals surface area contributed by atoms with Gasteiger partial charge in [-0.05, 0) is 37.0 Å². The first-order valence-corrected chi connectivity index (χ1v) is 6.40. The van der Waals surface area contributed by atoms with Gasteiger partial charge >= 0.3 is 0 Å². The minimum atomic E-state index is 0.859. The molecule has 0 bridgehead atoms. The fourth-order valence-corrected chi connectivity index (χ4v) is 2.00. The number of aryl methyl sites for hydroxylation is 2. The molecule has 3 N–H and O–H groups in total. The van der Waals surface area contributed by atoms with E-state index in [9.17, 15) is 0 Å². The molecule has 0 unspecified atom stereocenters. The van der Waals surface area contributed by atoms with Gasteiger partial charge in [0.2, 0.25) is 0 Å². The zero-order chi connectivity index (χ0) is 12.8. The van der Waals surface area contributed by atoms with Crippen LogP contribution in [0.3, 0.4) is 0 Å². The highest BCUT2D eigenvalue weighted by Gasteiger charge is 2.00. The van der Waals surface area contributed by atoms with Crippen LogP contribution in [0.1, 0.15) is 17.5 Å². The lowest BCUT2D eigenvalue weighted by Gasteiger charge is -2.10. The summed E-state index contributed by atoms with van der Waals surface area (Å²) >= 11 is 0. The molecule has 2 heteroatoms. The number of hydrogen-bond donors (Lipinski definition) is 2. The zero-order valence-corrected chi connectivity index (χ0v) is 10.8. The molecule has 18 heavy (non-hydrogen) atoms. The van der Waals surface area contributed by atoms with E-state index in [0.717, 1.165) is 36.3 Å². The van der Waals surface area contributed by atoms with E-state index in [-0.39, 0.29) is 0 Å². The highest BCUT2D eigenvalue weighted by Crippen LogP contribution is 2.21. The van der Waals surface area contributed by atoms with Crippen LogP contribution in [0.5, 0.6) is 0 Å². The van der Waals surface area contributed by atoms with Crippen LogP contribution in [-0.4, -0.2) is 6.54 Å². The minimum Gasteiger partial charge on any atom is -0.397 e. The Kier molecular flexibility index (Phi) is 4.24. The molecular weight excluding hydrogens is 220 g/mol. The molecule has 0 aliphatic rings. The van der Waals surface area contributed by atoms with Gasteiger partial charge in [-0.2, -0.15) is 0 Å². The fraction of sp³-hybridized carbons (Fsp3) is 0.250. The summed E-state index contributed by atoms with van der Waals surface area (Å²) in [4.78, 5) is 0. The first kappa shape index (κ1) is 12.5. The minimum absolute atomic E-state index is 0.859. The van der Waals surface area contributed by atoms with Crippen molar-refractivity contribution < 1.29 is 0 Å². The van der Waals surface area contributed by atoms with Gasteiger partial charge in [0.1, 0.15) is 0 Å². The van der Waals surface area contributed by atoms with Crippen LogP contribution in [0.15, 0.2) is 48.5 Å². The zero-order valence-electron chi connectivity index (χ0n) is 10.8. The normalized spacial score (nSPS) is 10.3. The Morgan fingerprint density at radius 1 is 1.00 bits per heavy atom. The number of hydrogen-bond acceptors (Lipinski definition) is 2. The number of nitrogens with two attached hydrogens (primary N) is 1. The van der Waals surface area contributed by atoms with Gasteiger partial charge < -0.3 is 11.1 Å². The van der Waals surface area contributed by atoms with E-state index in [2.05, 4.69) is 35.6 Å². The van der Waals surface area contributed by atoms with Crippen LogP contribution in [-0.2, 0) is 6.42 Å². The van der Waals surface area contributed by atoms with Crippen molar-refractivity contribution in [1.29, 1.82) is 0 Å². The average molecular weight is 240 g/mol. The van der Waals surface area contributed by atoms with Crippen LogP contribution in [0, 0.1) is 6.92 Å². The van der Waals surface area contributed by atoms with Crippen molar-refractivity contribution >= 4 is 11.4 Å². The lowest BCUT2D eigenvalue weighted by atomic mass is 10.1. The maximum absolute atomic E-state index is 6.01. The summed E-state index contributed by atoms with van der Waals surface area (Å²) in [6.45, 7) is 2.98. The van der Waals surface area contributed by atoms with Crippen molar-refractivity contribution in [3.05, 3.63) is 59.7 Å². The van der Waals surface area contributed by atoms with Crippen molar-refractivity contribution in [2.75, 3.05) is 17.6 Å². The molecule has 0 aliphatic carbocycles. The van der Waals surface area contributed by atoms with Gasteiger partial charge in [0.05, 0.1) is 11.4 Å². The number of benzene rings is 2. The predicted molar refractivity (Wildman–Crippen MR) is 78.8 cm³/mol. The lowest BCUT2D eigenvalue weighted by molar-refractivity contribution is 0.863. The molecule has 0 aromatic heterocycles. The third-order valence-corrected chi connectivity index (χ3v) is 3.12. The molecule has 2 aromatic carbocycles. The molecule has 0 fully saturated rings. The highest BCUT2D eigenvalue weighted by molar-refractivity contribution is 5.69. The Morgan fingerprint density at radius 2 is 1.78 bits per heavy atom. The smallest absolute Gasteiger partial charge is 0.0579 e. The number of nitrogens with one attached hydrogen (secondary N) is 1. The van der Waals surface area contributed by atoms with Crippen molar-refractivity contribution in [3.63, 3.8) is 0 Å². The van der Waals surface area contributed by atoms with Gasteiger partial charge in [-0.1, -0.05) is 42.5 Å². The van der Waals surface area contributed by atoms with E-state index in [0.29, 0.717) is 0 Å². The maximum Gasteiger partial charge on any atom is 0.0579 e. The topological polar surface area (TPSA) is 38.0 Å². The largest absolute Gasteiger partial charge is 0.397 e. The van der Waals surface area contributed by atoms with E-state index in [1.54, 1.807) is 0 Å². The predicted octanol–water partition coefficient (Wildman–Crippen LogP) is 3.62. The third kappa shape index (κ3) is 3.27. The molecule has 0 spiro atoms. The van der Waals surface area contributed by atoms with Gasteiger partial charge in [-0.3, -0.25) is 0 Å². The van der Waals surface area contributed by atoms with Crippen LogP contribution in [0.2, 0.25) is 0 Å². The van der Waals surface area contributed by atoms with E-state index in [1.807, 2.05) is 25.1 Å². The van der Waals surface area contributed by atoms with Gasteiger partial charge in [-0.15, -0.1) is 0 Å². The molecule has 94 valence electrons. The molecular formula is C16H20N2. The van der Waals surface area contributed by atoms with E-state index in [1.165, 1.54) is 5.56 Å². The van der Waals surface area contributed by atoms with Crippen LogP contribution < -0.4 is 11.1 Å². The second-order valence-electron chi connectivity index (χ2n) is 4.55. The summed E-state index contributed by atoms with van der Waals surface area (Å²) in [7, 11) is 0.